The summed E-state index contributed by atoms with van der Waals surface area (Å²) in [5, 5.41) is 0. The number of likely N-dealkylation sites (tertiary alicyclic amines) is 1. The number of methoxy groups -OCH3 is 2. The van der Waals surface area contributed by atoms with E-state index in [0.29, 0.717) is 31.8 Å². The Labute approximate surface area is 230 Å². The summed E-state index contributed by atoms with van der Waals surface area (Å²) in [6.45, 7) is 5.79. The molecule has 9 nitrogen and oxygen atoms in total. The largest absolute Gasteiger partial charge is 0.445 e. The van der Waals surface area contributed by atoms with E-state index in [1.807, 2.05) is 42.5 Å². The Bertz CT molecular complexity index is 1150. The summed E-state index contributed by atoms with van der Waals surface area (Å²) in [7, 11) is 3.14. The van der Waals surface area contributed by atoms with Gasteiger partial charge in [-0.05, 0) is 47.6 Å². The fraction of sp³-hybridized carbons (Fsp3) is 0.500. The number of aromatic nitrogens is 1. The second-order valence-electron chi connectivity index (χ2n) is 10.5. The number of benzene rings is 1. The van der Waals surface area contributed by atoms with Crippen molar-refractivity contribution in [3.05, 3.63) is 71.6 Å². The first-order chi connectivity index (χ1) is 18.9. The van der Waals surface area contributed by atoms with Crippen LogP contribution in [0.4, 0.5) is 4.79 Å². The summed E-state index contributed by atoms with van der Waals surface area (Å²) in [5.41, 5.74) is 2.84. The monoisotopic (exact) mass is 537 g/mol. The van der Waals surface area contributed by atoms with Gasteiger partial charge in [0, 0.05) is 45.6 Å². The van der Waals surface area contributed by atoms with Crippen LogP contribution < -0.4 is 0 Å². The predicted molar refractivity (Wildman–Crippen MR) is 146 cm³/mol. The van der Waals surface area contributed by atoms with E-state index in [-0.39, 0.29) is 38.2 Å². The number of carbonyl (C=O) groups is 2. The first kappa shape index (κ1) is 28.7. The van der Waals surface area contributed by atoms with Crippen LogP contribution in [0.5, 0.6) is 0 Å². The van der Waals surface area contributed by atoms with Gasteiger partial charge in [0.2, 0.25) is 0 Å². The van der Waals surface area contributed by atoms with Gasteiger partial charge in [0.25, 0.3) is 5.91 Å². The Morgan fingerprint density at radius 2 is 1.95 bits per heavy atom. The summed E-state index contributed by atoms with van der Waals surface area (Å²) >= 11 is 0. The maximum Gasteiger partial charge on any atom is 0.410 e. The number of nitrogens with zero attached hydrogens (tertiary/aromatic N) is 3. The Hall–Kier alpha value is -3.27. The highest BCUT2D eigenvalue weighted by Crippen LogP contribution is 2.41. The summed E-state index contributed by atoms with van der Waals surface area (Å²) in [4.78, 5) is 34.0. The van der Waals surface area contributed by atoms with Crippen molar-refractivity contribution in [3.63, 3.8) is 0 Å². The van der Waals surface area contributed by atoms with Crippen molar-refractivity contribution >= 4 is 17.6 Å². The van der Waals surface area contributed by atoms with Crippen LogP contribution in [0.25, 0.3) is 5.57 Å². The van der Waals surface area contributed by atoms with Crippen LogP contribution in [0.1, 0.15) is 43.5 Å². The molecular weight excluding hydrogens is 498 g/mol. The Kier molecular flexibility index (Phi) is 9.72. The fourth-order valence-electron chi connectivity index (χ4n) is 5.28. The lowest BCUT2D eigenvalue weighted by atomic mass is 9.74. The molecule has 210 valence electrons. The van der Waals surface area contributed by atoms with Gasteiger partial charge < -0.3 is 28.7 Å². The van der Waals surface area contributed by atoms with E-state index < -0.39 is 5.60 Å². The molecule has 0 N–H and O–H groups in total. The molecule has 0 aliphatic carbocycles. The molecule has 0 spiro atoms. The average Bonchev–Trinajstić information content (AvgIpc) is 2.96. The lowest BCUT2D eigenvalue weighted by molar-refractivity contribution is -0.235. The molecule has 1 aromatic heterocycles. The summed E-state index contributed by atoms with van der Waals surface area (Å²) in [6, 6.07) is 13.5. The van der Waals surface area contributed by atoms with Crippen molar-refractivity contribution in [1.29, 1.82) is 0 Å². The molecular formula is C30H39N3O6. The first-order valence-electron chi connectivity index (χ1n) is 13.4. The standard InChI is InChI=1S/C30H39N3O6/c1-22(2)16-27-30(39-21-37-4,28(34)33(27)20-36-3)18-26-17-25(10-13-31-26)24-11-14-32(15-12-24)29(35)38-19-23-8-6-5-7-9-23/h5-11,13,17,22,27H,12,14-16,18-21H2,1-4H3/t27-,30+/m0/s1. The van der Waals surface area contributed by atoms with Crippen molar-refractivity contribution in [2.24, 2.45) is 5.92 Å². The van der Waals surface area contributed by atoms with Crippen molar-refractivity contribution in [2.75, 3.05) is 40.8 Å². The number of rotatable bonds is 12. The van der Waals surface area contributed by atoms with Gasteiger partial charge >= 0.3 is 6.09 Å². The van der Waals surface area contributed by atoms with E-state index in [1.54, 1.807) is 30.2 Å². The molecule has 1 aromatic carbocycles. The number of hydrogen-bond donors (Lipinski definition) is 0. The third-order valence-corrected chi connectivity index (χ3v) is 7.24. The van der Waals surface area contributed by atoms with E-state index in [2.05, 4.69) is 24.9 Å². The third kappa shape index (κ3) is 6.66. The maximum absolute atomic E-state index is 13.4. The minimum absolute atomic E-state index is 0.0161. The predicted octanol–water partition coefficient (Wildman–Crippen LogP) is 4.27. The van der Waals surface area contributed by atoms with E-state index in [9.17, 15) is 9.59 Å². The smallest absolute Gasteiger partial charge is 0.410 e. The number of hydrogen-bond acceptors (Lipinski definition) is 7. The van der Waals surface area contributed by atoms with Gasteiger partial charge in [-0.2, -0.15) is 0 Å². The van der Waals surface area contributed by atoms with Crippen LogP contribution in [-0.2, 0) is 36.8 Å². The van der Waals surface area contributed by atoms with Crippen LogP contribution in [0, 0.1) is 5.92 Å². The van der Waals surface area contributed by atoms with Gasteiger partial charge in [-0.1, -0.05) is 50.3 Å². The molecule has 4 rings (SSSR count). The van der Waals surface area contributed by atoms with Gasteiger partial charge in [0.1, 0.15) is 20.1 Å². The lowest BCUT2D eigenvalue weighted by Gasteiger charge is -2.55. The van der Waals surface area contributed by atoms with Gasteiger partial charge in [-0.25, -0.2) is 4.79 Å². The zero-order valence-corrected chi connectivity index (χ0v) is 23.3. The summed E-state index contributed by atoms with van der Waals surface area (Å²) < 4.78 is 22.1. The molecule has 2 aliphatic rings. The van der Waals surface area contributed by atoms with Crippen LogP contribution in [0.15, 0.2) is 54.7 Å². The van der Waals surface area contributed by atoms with E-state index in [0.717, 1.165) is 28.8 Å². The minimum atomic E-state index is -1.05. The van der Waals surface area contributed by atoms with E-state index in [1.165, 1.54) is 0 Å². The van der Waals surface area contributed by atoms with Gasteiger partial charge in [-0.15, -0.1) is 0 Å². The first-order valence-corrected chi connectivity index (χ1v) is 13.4. The molecule has 0 radical (unpaired) electrons. The molecule has 2 amide bonds. The summed E-state index contributed by atoms with van der Waals surface area (Å²) in [6.07, 6.45) is 5.32. The van der Waals surface area contributed by atoms with Gasteiger partial charge in [-0.3, -0.25) is 9.78 Å². The zero-order chi connectivity index (χ0) is 27.8. The second kappa shape index (κ2) is 13.2. The molecule has 1 fully saturated rings. The Balaban J connectivity index is 1.45. The molecule has 2 aliphatic heterocycles. The number of pyridine rings is 1. The number of carbonyl (C=O) groups excluding carboxylic acids is 2. The highest BCUT2D eigenvalue weighted by atomic mass is 16.7. The molecule has 39 heavy (non-hydrogen) atoms. The lowest BCUT2D eigenvalue weighted by Crippen LogP contribution is -2.76. The van der Waals surface area contributed by atoms with Crippen LogP contribution in [0.2, 0.25) is 0 Å². The van der Waals surface area contributed by atoms with E-state index >= 15 is 0 Å². The molecule has 0 bridgehead atoms. The highest BCUT2D eigenvalue weighted by molar-refractivity contribution is 5.93. The number of ether oxygens (including phenoxy) is 4. The van der Waals surface area contributed by atoms with Crippen molar-refractivity contribution in [1.82, 2.24) is 14.8 Å². The van der Waals surface area contributed by atoms with Crippen molar-refractivity contribution < 1.29 is 28.5 Å². The molecule has 1 saturated heterocycles. The fourth-order valence-corrected chi connectivity index (χ4v) is 5.28. The van der Waals surface area contributed by atoms with Gasteiger partial charge in [0.15, 0.2) is 5.60 Å². The number of β-lactam (4-membered cyclic amide) rings is 1. The Morgan fingerprint density at radius 1 is 1.15 bits per heavy atom. The zero-order valence-electron chi connectivity index (χ0n) is 23.3. The van der Waals surface area contributed by atoms with Crippen molar-refractivity contribution in [3.8, 4) is 0 Å². The Morgan fingerprint density at radius 3 is 2.62 bits per heavy atom. The molecule has 9 heteroatoms. The van der Waals surface area contributed by atoms with Crippen LogP contribution >= 0.6 is 0 Å². The maximum atomic E-state index is 13.4. The van der Waals surface area contributed by atoms with E-state index in [4.69, 9.17) is 18.9 Å². The minimum Gasteiger partial charge on any atom is -0.445 e. The normalized spacial score (nSPS) is 21.1. The molecule has 2 atom stereocenters. The average molecular weight is 538 g/mol. The topological polar surface area (TPSA) is 90.4 Å². The van der Waals surface area contributed by atoms with Gasteiger partial charge in [0.05, 0.1) is 6.04 Å². The number of amides is 2. The molecule has 0 unspecified atom stereocenters. The third-order valence-electron chi connectivity index (χ3n) is 7.24. The van der Waals surface area contributed by atoms with Crippen molar-refractivity contribution in [2.45, 2.75) is 51.4 Å². The molecule has 0 saturated carbocycles. The molecule has 3 heterocycles. The quantitative estimate of drug-likeness (QED) is 0.295. The molecule has 2 aromatic rings. The van der Waals surface area contributed by atoms with Crippen LogP contribution in [-0.4, -0.2) is 79.3 Å². The SMILES string of the molecule is COCO[C@@]1(Cc2cc(C3=CCN(C(=O)OCc4ccccc4)CC3)ccn2)C(=O)N(COC)[C@H]1CC(C)C. The van der Waals surface area contributed by atoms with Crippen LogP contribution in [0.3, 0.4) is 0 Å². The summed E-state index contributed by atoms with van der Waals surface area (Å²) in [5.74, 6) is 0.253. The second-order valence-corrected chi connectivity index (χ2v) is 10.5. The highest BCUT2D eigenvalue weighted by Gasteiger charge is 2.62.